The molecule has 0 aromatic heterocycles. The van der Waals surface area contributed by atoms with Crippen molar-refractivity contribution in [3.63, 3.8) is 0 Å². The molecule has 3 aliphatic carbocycles. The van der Waals surface area contributed by atoms with E-state index in [9.17, 15) is 17.8 Å². The molecule has 1 aliphatic heterocycles. The molecule has 0 aromatic carbocycles. The molecule has 0 spiro atoms. The van der Waals surface area contributed by atoms with Gasteiger partial charge in [0.1, 0.15) is 12.9 Å². The average Bonchev–Trinajstić information content (AvgIpc) is 3.08. The fourth-order valence-corrected chi connectivity index (χ4v) is 8.58. The predicted molar refractivity (Wildman–Crippen MR) is 120 cm³/mol. The van der Waals surface area contributed by atoms with Gasteiger partial charge in [-0.1, -0.05) is 34.1 Å². The first-order chi connectivity index (χ1) is 14.9. The number of hydrogen-bond donors (Lipinski definition) is 0. The van der Waals surface area contributed by atoms with Crippen molar-refractivity contribution in [1.29, 1.82) is 0 Å². The van der Waals surface area contributed by atoms with Crippen LogP contribution in [0.1, 0.15) is 85.5 Å². The Morgan fingerprint density at radius 2 is 1.85 bits per heavy atom. The van der Waals surface area contributed by atoms with Crippen LogP contribution in [0.4, 0.5) is 0 Å². The first-order valence-electron chi connectivity index (χ1n) is 12.0. The molecule has 1 heterocycles. The summed E-state index contributed by atoms with van der Waals surface area (Å²) in [7, 11) is -4.78. The molecule has 6 nitrogen and oxygen atoms in total. The number of rotatable bonds is 5. The average molecular weight is 489 g/mol. The van der Waals surface area contributed by atoms with Crippen LogP contribution in [-0.4, -0.2) is 25.5 Å². The fraction of sp³-hybridized carbons (Fsp3) is 0.800. The summed E-state index contributed by atoms with van der Waals surface area (Å²) in [4.78, 5) is 11.5. The number of ether oxygens (including phenoxy) is 1. The van der Waals surface area contributed by atoms with Gasteiger partial charge in [-0.05, 0) is 96.5 Å². The molecule has 4 aliphatic rings. The molecule has 33 heavy (non-hydrogen) atoms. The number of cyclic esters (lactones) is 1. The summed E-state index contributed by atoms with van der Waals surface area (Å²) in [5, 5.41) is 0. The molecule has 0 saturated heterocycles. The Balaban J connectivity index is 0.00000306. The topological polar surface area (TPSA) is 92.7 Å². The van der Waals surface area contributed by atoms with E-state index < -0.39 is 10.4 Å². The zero-order valence-electron chi connectivity index (χ0n) is 20.8. The number of hydrogen-bond acceptors (Lipinski definition) is 6. The minimum Gasteiger partial charge on any atom is -0.716 e. The van der Waals surface area contributed by atoms with E-state index in [1.54, 1.807) is 6.08 Å². The quantitative estimate of drug-likeness (QED) is 0.194. The van der Waals surface area contributed by atoms with Gasteiger partial charge in [0.25, 0.3) is 10.4 Å². The van der Waals surface area contributed by atoms with Crippen LogP contribution in [0.15, 0.2) is 23.5 Å². The number of allylic oxidation sites excluding steroid dienone is 1. The Kier molecular flexibility index (Phi) is 7.93. The maximum absolute atomic E-state index is 11.5. The summed E-state index contributed by atoms with van der Waals surface area (Å²) in [6.45, 7) is 10.1. The van der Waals surface area contributed by atoms with Gasteiger partial charge in [-0.25, -0.2) is 13.2 Å². The number of fused-ring (bicyclic) bond motifs is 3. The van der Waals surface area contributed by atoms with E-state index in [2.05, 4.69) is 31.9 Å². The SMILES string of the molecule is CC1(C)CCC[C@]2(C)[C@H]3CC/C(=C\OS(=O)(=O)[O-])[C@H](CCC4=CC(=O)OC4)[C@@]3(C)CC[C@@H]12.[Na+]. The first kappa shape index (κ1) is 27.3. The van der Waals surface area contributed by atoms with Gasteiger partial charge < -0.3 is 13.5 Å². The van der Waals surface area contributed by atoms with Crippen LogP contribution in [0, 0.1) is 34.0 Å². The van der Waals surface area contributed by atoms with Gasteiger partial charge in [-0.3, -0.25) is 0 Å². The van der Waals surface area contributed by atoms with E-state index in [1.807, 2.05) is 0 Å². The molecule has 3 fully saturated rings. The second kappa shape index (κ2) is 9.61. The molecule has 0 unspecified atom stereocenters. The van der Waals surface area contributed by atoms with E-state index in [-0.39, 0.29) is 52.3 Å². The van der Waals surface area contributed by atoms with Crippen LogP contribution >= 0.6 is 0 Å². The molecular weight excluding hydrogens is 451 g/mol. The van der Waals surface area contributed by atoms with E-state index >= 15 is 0 Å². The van der Waals surface area contributed by atoms with E-state index in [0.29, 0.717) is 23.9 Å². The molecular formula is C25H37NaO6S. The first-order valence-corrected chi connectivity index (χ1v) is 13.4. The van der Waals surface area contributed by atoms with Crippen molar-refractivity contribution in [3.05, 3.63) is 23.5 Å². The van der Waals surface area contributed by atoms with Gasteiger partial charge in [-0.2, -0.15) is 0 Å². The summed E-state index contributed by atoms with van der Waals surface area (Å²) >= 11 is 0. The molecule has 8 heteroatoms. The zero-order chi connectivity index (χ0) is 23.4. The maximum atomic E-state index is 11.5. The van der Waals surface area contributed by atoms with Crippen LogP contribution < -0.4 is 29.6 Å². The number of carbonyl (C=O) groups excluding carboxylic acids is 1. The summed E-state index contributed by atoms with van der Waals surface area (Å²) < 4.78 is 43.2. The summed E-state index contributed by atoms with van der Waals surface area (Å²) in [5.74, 6) is 1.05. The maximum Gasteiger partial charge on any atom is 1.00 e. The van der Waals surface area contributed by atoms with Crippen molar-refractivity contribution in [2.45, 2.75) is 85.5 Å². The third kappa shape index (κ3) is 5.28. The molecule has 0 N–H and O–H groups in total. The fourth-order valence-electron chi connectivity index (χ4n) is 8.34. The van der Waals surface area contributed by atoms with Gasteiger partial charge in [0.15, 0.2) is 0 Å². The van der Waals surface area contributed by atoms with Gasteiger partial charge in [-0.15, -0.1) is 0 Å². The van der Waals surface area contributed by atoms with Gasteiger partial charge >= 0.3 is 35.5 Å². The second-order valence-electron chi connectivity index (χ2n) is 11.7. The van der Waals surface area contributed by atoms with Crippen LogP contribution in [0.2, 0.25) is 0 Å². The predicted octanol–water partition coefficient (Wildman–Crippen LogP) is 2.27. The van der Waals surface area contributed by atoms with Crippen molar-refractivity contribution in [3.8, 4) is 0 Å². The molecule has 0 amide bonds. The zero-order valence-corrected chi connectivity index (χ0v) is 23.6. The van der Waals surface area contributed by atoms with Crippen LogP contribution in [-0.2, 0) is 24.1 Å². The molecule has 3 saturated carbocycles. The normalized spacial score (nSPS) is 39.1. The van der Waals surface area contributed by atoms with Crippen LogP contribution in [0.3, 0.4) is 0 Å². The number of esters is 1. The molecule has 5 atom stereocenters. The molecule has 0 radical (unpaired) electrons. The van der Waals surface area contributed by atoms with Crippen LogP contribution in [0.25, 0.3) is 0 Å². The van der Waals surface area contributed by atoms with Crippen molar-refractivity contribution in [2.24, 2.45) is 34.0 Å². The van der Waals surface area contributed by atoms with Crippen molar-refractivity contribution in [2.75, 3.05) is 6.61 Å². The summed E-state index contributed by atoms with van der Waals surface area (Å²) in [6, 6.07) is 0. The third-order valence-electron chi connectivity index (χ3n) is 9.60. The largest absolute Gasteiger partial charge is 1.00 e. The number of carbonyl (C=O) groups is 1. The Morgan fingerprint density at radius 1 is 1.12 bits per heavy atom. The summed E-state index contributed by atoms with van der Waals surface area (Å²) in [5.41, 5.74) is 2.51. The Bertz CT molecular complexity index is 939. The monoisotopic (exact) mass is 488 g/mol. The smallest absolute Gasteiger partial charge is 0.716 e. The Morgan fingerprint density at radius 3 is 2.48 bits per heavy atom. The van der Waals surface area contributed by atoms with E-state index in [0.717, 1.165) is 43.3 Å². The van der Waals surface area contributed by atoms with Crippen molar-refractivity contribution >= 4 is 16.4 Å². The van der Waals surface area contributed by atoms with Gasteiger partial charge in [0.05, 0.1) is 0 Å². The standard InChI is InChI=1S/C25H38O6S.Na/c1-23(2)11-5-12-25(4)20(23)10-13-24(3)19(8-6-17-14-22(26)30-15-17)18(7-9-21(24)25)16-31-32(27,28)29;/h14,16,19-21H,5-13,15H2,1-4H3,(H,27,28,29);/q;+1/p-1/b18-16+;/t19-,20-,21-,24+,25-;/m0./s1. The van der Waals surface area contributed by atoms with Crippen LogP contribution in [0.5, 0.6) is 0 Å². The minimum atomic E-state index is -4.78. The Labute approximate surface area is 221 Å². The molecule has 0 bridgehead atoms. The van der Waals surface area contributed by atoms with E-state index in [1.165, 1.54) is 31.9 Å². The van der Waals surface area contributed by atoms with E-state index in [4.69, 9.17) is 4.74 Å². The molecule has 4 rings (SSSR count). The Hall–Kier alpha value is -0.340. The third-order valence-corrected chi connectivity index (χ3v) is 9.93. The van der Waals surface area contributed by atoms with Gasteiger partial charge in [0.2, 0.25) is 0 Å². The molecule has 180 valence electrons. The molecule has 0 aromatic rings. The van der Waals surface area contributed by atoms with Gasteiger partial charge in [0, 0.05) is 6.08 Å². The van der Waals surface area contributed by atoms with Crippen molar-refractivity contribution in [1.82, 2.24) is 0 Å². The summed E-state index contributed by atoms with van der Waals surface area (Å²) in [6.07, 6.45) is 12.1. The second-order valence-corrected chi connectivity index (χ2v) is 12.7. The van der Waals surface area contributed by atoms with Crippen molar-refractivity contribution < 1.29 is 56.2 Å². The minimum absolute atomic E-state index is 0.